The van der Waals surface area contributed by atoms with Crippen LogP contribution < -0.4 is 10.5 Å². The maximum absolute atomic E-state index is 13.5. The molecule has 3 aliphatic rings. The molecule has 1 saturated carbocycles. The van der Waals surface area contributed by atoms with E-state index in [1.807, 2.05) is 13.0 Å². The zero-order chi connectivity index (χ0) is 26.7. The molecule has 8 nitrogen and oxygen atoms in total. The van der Waals surface area contributed by atoms with E-state index in [9.17, 15) is 19.6 Å². The second kappa shape index (κ2) is 11.8. The van der Waals surface area contributed by atoms with Gasteiger partial charge in [0.15, 0.2) is 0 Å². The molecule has 0 spiro atoms. The third kappa shape index (κ3) is 5.34. The van der Waals surface area contributed by atoms with E-state index in [0.29, 0.717) is 71.7 Å². The Morgan fingerprint density at radius 3 is 2.46 bits per heavy atom. The van der Waals surface area contributed by atoms with Gasteiger partial charge in [-0.05, 0) is 57.6 Å². The second-order valence-corrected chi connectivity index (χ2v) is 11.5. The van der Waals surface area contributed by atoms with Crippen LogP contribution in [-0.4, -0.2) is 51.4 Å². The predicted octanol–water partition coefficient (Wildman–Crippen LogP) is 4.36. The fourth-order valence-electron chi connectivity index (χ4n) is 5.59. The quantitative estimate of drug-likeness (QED) is 0.285. The van der Waals surface area contributed by atoms with Gasteiger partial charge in [-0.1, -0.05) is 43.7 Å². The summed E-state index contributed by atoms with van der Waals surface area (Å²) in [6.07, 6.45) is 7.87. The van der Waals surface area contributed by atoms with Gasteiger partial charge in [0.1, 0.15) is 21.8 Å². The Kier molecular flexibility index (Phi) is 8.75. The van der Waals surface area contributed by atoms with Crippen molar-refractivity contribution in [3.05, 3.63) is 31.9 Å². The lowest BCUT2D eigenvalue weighted by Crippen LogP contribution is -2.41. The van der Waals surface area contributed by atoms with E-state index in [0.717, 1.165) is 25.7 Å². The number of rotatable bonds is 7. The Morgan fingerprint density at radius 2 is 1.86 bits per heavy atom. The summed E-state index contributed by atoms with van der Waals surface area (Å²) in [5.41, 5.74) is 1.04. The Balaban J connectivity index is 1.78. The van der Waals surface area contributed by atoms with Crippen molar-refractivity contribution in [1.82, 2.24) is 9.47 Å². The van der Waals surface area contributed by atoms with Gasteiger partial charge in [0.25, 0.3) is 11.5 Å². The molecule has 1 amide bonds. The standard InChI is InChI=1S/C27H34N4O4S2/c1-4-12-30-23(29-13-10-18(11-14-29)26(34)35-5-2)20(17(3)21(16-28)24(30)32)15-22-25(33)31(27(36)37-22)19-8-6-7-9-19/h15,18-19H,4-14H2,1-3H3. The number of pyridine rings is 1. The number of hydrogen-bond acceptors (Lipinski definition) is 8. The molecule has 0 atom stereocenters. The third-order valence-corrected chi connectivity index (χ3v) is 8.83. The van der Waals surface area contributed by atoms with Crippen molar-refractivity contribution in [3.8, 4) is 6.07 Å². The molecule has 0 bridgehead atoms. The van der Waals surface area contributed by atoms with E-state index in [1.54, 1.807) is 23.3 Å². The summed E-state index contributed by atoms with van der Waals surface area (Å²) in [5.74, 6) is 0.255. The molecule has 3 heterocycles. The summed E-state index contributed by atoms with van der Waals surface area (Å²) < 4.78 is 7.46. The lowest BCUT2D eigenvalue weighted by atomic mass is 9.95. The first-order chi connectivity index (χ1) is 17.8. The van der Waals surface area contributed by atoms with Crippen LogP contribution in [-0.2, 0) is 20.9 Å². The molecule has 37 heavy (non-hydrogen) atoms. The van der Waals surface area contributed by atoms with Crippen molar-refractivity contribution in [3.63, 3.8) is 0 Å². The maximum Gasteiger partial charge on any atom is 0.309 e. The zero-order valence-corrected chi connectivity index (χ0v) is 23.4. The highest BCUT2D eigenvalue weighted by Crippen LogP contribution is 2.40. The van der Waals surface area contributed by atoms with Crippen molar-refractivity contribution in [1.29, 1.82) is 5.26 Å². The van der Waals surface area contributed by atoms with Crippen LogP contribution in [0.1, 0.15) is 75.5 Å². The van der Waals surface area contributed by atoms with Gasteiger partial charge in [0, 0.05) is 31.2 Å². The normalized spacial score (nSPS) is 20.2. The number of nitrogens with zero attached hydrogens (tertiary/aromatic N) is 4. The molecule has 3 fully saturated rings. The minimum atomic E-state index is -0.319. The molecule has 1 aromatic heterocycles. The van der Waals surface area contributed by atoms with E-state index in [2.05, 4.69) is 11.0 Å². The van der Waals surface area contributed by atoms with Gasteiger partial charge in [-0.3, -0.25) is 23.9 Å². The number of anilines is 1. The van der Waals surface area contributed by atoms with Crippen molar-refractivity contribution >= 4 is 52.1 Å². The van der Waals surface area contributed by atoms with Crippen LogP contribution >= 0.6 is 24.0 Å². The Hall–Kier alpha value is -2.64. The van der Waals surface area contributed by atoms with Gasteiger partial charge in [-0.2, -0.15) is 5.26 Å². The number of thiocarbonyl (C=S) groups is 1. The lowest BCUT2D eigenvalue weighted by Gasteiger charge is -2.35. The summed E-state index contributed by atoms with van der Waals surface area (Å²) >= 11 is 6.89. The number of carbonyl (C=O) groups excluding carboxylic acids is 2. The number of nitriles is 1. The van der Waals surface area contributed by atoms with Crippen LogP contribution in [0.15, 0.2) is 9.70 Å². The van der Waals surface area contributed by atoms with Crippen LogP contribution in [0.3, 0.4) is 0 Å². The first-order valence-corrected chi connectivity index (χ1v) is 14.4. The first-order valence-electron chi connectivity index (χ1n) is 13.2. The number of esters is 1. The van der Waals surface area contributed by atoms with Crippen LogP contribution in [0.5, 0.6) is 0 Å². The highest BCUT2D eigenvalue weighted by atomic mass is 32.2. The molecule has 0 unspecified atom stereocenters. The van der Waals surface area contributed by atoms with E-state index >= 15 is 0 Å². The fraction of sp³-hybridized carbons (Fsp3) is 0.593. The molecular formula is C27H34N4O4S2. The van der Waals surface area contributed by atoms with Crippen molar-refractivity contribution < 1.29 is 14.3 Å². The van der Waals surface area contributed by atoms with E-state index in [1.165, 1.54) is 11.8 Å². The SMILES string of the molecule is CCCn1c(N2CCC(C(=O)OCC)CC2)c(C=C2SC(=S)N(C3CCCC3)C2=O)c(C)c(C#N)c1=O. The molecular weight excluding hydrogens is 508 g/mol. The third-order valence-electron chi connectivity index (χ3n) is 7.50. The molecule has 2 saturated heterocycles. The largest absolute Gasteiger partial charge is 0.466 e. The van der Waals surface area contributed by atoms with Gasteiger partial charge in [0.05, 0.1) is 17.4 Å². The maximum atomic E-state index is 13.5. The second-order valence-electron chi connectivity index (χ2n) is 9.81. The molecule has 1 aliphatic carbocycles. The van der Waals surface area contributed by atoms with Gasteiger partial charge in [-0.15, -0.1) is 0 Å². The van der Waals surface area contributed by atoms with Crippen molar-refractivity contribution in [2.45, 2.75) is 78.3 Å². The molecule has 1 aromatic rings. The van der Waals surface area contributed by atoms with Crippen molar-refractivity contribution in [2.24, 2.45) is 5.92 Å². The minimum absolute atomic E-state index is 0.0936. The predicted molar refractivity (Wildman–Crippen MR) is 149 cm³/mol. The monoisotopic (exact) mass is 542 g/mol. The highest BCUT2D eigenvalue weighted by Gasteiger charge is 2.39. The minimum Gasteiger partial charge on any atom is -0.466 e. The smallest absolute Gasteiger partial charge is 0.309 e. The fourth-order valence-corrected chi connectivity index (χ4v) is 6.97. The number of ether oxygens (including phenoxy) is 1. The van der Waals surface area contributed by atoms with Crippen LogP contribution in [0.25, 0.3) is 6.08 Å². The van der Waals surface area contributed by atoms with Crippen LogP contribution in [0, 0.1) is 24.2 Å². The summed E-state index contributed by atoms with van der Waals surface area (Å²) in [4.78, 5) is 43.6. The number of hydrogen-bond donors (Lipinski definition) is 0. The van der Waals surface area contributed by atoms with Crippen LogP contribution in [0.4, 0.5) is 5.82 Å². The molecule has 0 aromatic carbocycles. The Bertz CT molecular complexity index is 1220. The van der Waals surface area contributed by atoms with Gasteiger partial charge in [-0.25, -0.2) is 0 Å². The average molecular weight is 543 g/mol. The number of amides is 1. The average Bonchev–Trinajstić information content (AvgIpc) is 3.50. The Labute approximate surface area is 227 Å². The van der Waals surface area contributed by atoms with Crippen molar-refractivity contribution in [2.75, 3.05) is 24.6 Å². The molecule has 2 aliphatic heterocycles. The number of aromatic nitrogens is 1. The molecule has 198 valence electrons. The lowest BCUT2D eigenvalue weighted by molar-refractivity contribution is -0.148. The number of thioether (sulfide) groups is 1. The molecule has 0 N–H and O–H groups in total. The first kappa shape index (κ1) is 27.4. The number of carbonyl (C=O) groups is 2. The summed E-state index contributed by atoms with van der Waals surface area (Å²) in [6, 6.07) is 2.24. The van der Waals surface area contributed by atoms with Gasteiger partial charge in [0.2, 0.25) is 0 Å². The van der Waals surface area contributed by atoms with E-state index in [4.69, 9.17) is 17.0 Å². The van der Waals surface area contributed by atoms with E-state index < -0.39 is 0 Å². The summed E-state index contributed by atoms with van der Waals surface area (Å²) in [6.45, 7) is 7.51. The Morgan fingerprint density at radius 1 is 1.19 bits per heavy atom. The molecule has 0 radical (unpaired) electrons. The number of piperidine rings is 1. The van der Waals surface area contributed by atoms with E-state index in [-0.39, 0.29) is 35.0 Å². The molecule has 4 rings (SSSR count). The highest BCUT2D eigenvalue weighted by molar-refractivity contribution is 8.26. The zero-order valence-electron chi connectivity index (χ0n) is 21.7. The molecule has 10 heteroatoms. The van der Waals surface area contributed by atoms with Crippen LogP contribution in [0.2, 0.25) is 0 Å². The van der Waals surface area contributed by atoms with Gasteiger partial charge >= 0.3 is 5.97 Å². The summed E-state index contributed by atoms with van der Waals surface area (Å²) in [7, 11) is 0. The summed E-state index contributed by atoms with van der Waals surface area (Å²) in [5, 5.41) is 9.85. The van der Waals surface area contributed by atoms with Gasteiger partial charge < -0.3 is 9.64 Å². The topological polar surface area (TPSA) is 95.6 Å².